The first-order valence-electron chi connectivity index (χ1n) is 7.28. The topological polar surface area (TPSA) is 79.5 Å². The molecule has 4 rings (SSSR count). The molecule has 0 saturated carbocycles. The fourth-order valence-electron chi connectivity index (χ4n) is 2.77. The van der Waals surface area contributed by atoms with E-state index in [9.17, 15) is 13.0 Å². The monoisotopic (exact) mass is 339 g/mol. The molecule has 0 aliphatic carbocycles. The summed E-state index contributed by atoms with van der Waals surface area (Å²) in [5, 5.41) is 4.70. The van der Waals surface area contributed by atoms with Crippen molar-refractivity contribution in [2.24, 2.45) is 0 Å². The molecule has 0 unspecified atom stereocenters. The third-order valence-corrected chi connectivity index (χ3v) is 4.73. The Morgan fingerprint density at radius 1 is 0.833 bits per heavy atom. The average Bonchev–Trinajstić information content (AvgIpc) is 2.94. The lowest BCUT2D eigenvalue weighted by Crippen LogP contribution is -2.03. The number of furan rings is 1. The summed E-state index contributed by atoms with van der Waals surface area (Å²) >= 11 is 0. The molecule has 0 aliphatic rings. The van der Waals surface area contributed by atoms with Crippen molar-refractivity contribution in [1.82, 2.24) is 0 Å². The summed E-state index contributed by atoms with van der Waals surface area (Å²) in [5.74, 6) is 0. The van der Waals surface area contributed by atoms with Gasteiger partial charge in [0.2, 0.25) is 0 Å². The number of hydrogen-bond acceptors (Lipinski definition) is 4. The van der Waals surface area contributed by atoms with Gasteiger partial charge in [0.05, 0.1) is 0 Å². The lowest BCUT2D eigenvalue weighted by atomic mass is 10.1. The highest BCUT2D eigenvalue weighted by Gasteiger charge is 2.21. The van der Waals surface area contributed by atoms with Gasteiger partial charge in [0.1, 0.15) is 16.2 Å². The molecule has 0 radical (unpaired) electrons. The summed E-state index contributed by atoms with van der Waals surface area (Å²) in [4.78, 5) is -0.224. The molecule has 0 atom stereocenters. The SMILES string of the molecule is O=S(=O)(O)c1ccc2c(oc3ccccc32)c1Nc1ccccc1. The minimum atomic E-state index is -4.40. The summed E-state index contributed by atoms with van der Waals surface area (Å²) in [6.07, 6.45) is 0. The van der Waals surface area contributed by atoms with Crippen LogP contribution in [-0.4, -0.2) is 13.0 Å². The van der Waals surface area contributed by atoms with E-state index in [1.54, 1.807) is 18.2 Å². The highest BCUT2D eigenvalue weighted by atomic mass is 32.2. The third kappa shape index (κ3) is 2.42. The Bertz CT molecular complexity index is 1150. The van der Waals surface area contributed by atoms with Crippen molar-refractivity contribution < 1.29 is 17.4 Å². The van der Waals surface area contributed by atoms with Gasteiger partial charge in [-0.25, -0.2) is 0 Å². The van der Waals surface area contributed by atoms with Crippen LogP contribution >= 0.6 is 0 Å². The van der Waals surface area contributed by atoms with E-state index in [0.717, 1.165) is 10.8 Å². The number of fused-ring (bicyclic) bond motifs is 3. The maximum absolute atomic E-state index is 11.8. The Morgan fingerprint density at radius 3 is 2.29 bits per heavy atom. The van der Waals surface area contributed by atoms with Gasteiger partial charge in [0.15, 0.2) is 5.58 Å². The molecule has 24 heavy (non-hydrogen) atoms. The van der Waals surface area contributed by atoms with Gasteiger partial charge in [-0.3, -0.25) is 4.55 Å². The van der Waals surface area contributed by atoms with Crippen molar-refractivity contribution in [2.45, 2.75) is 4.90 Å². The molecule has 0 bridgehead atoms. The second-order valence-corrected chi connectivity index (χ2v) is 6.77. The molecule has 0 saturated heterocycles. The molecule has 0 spiro atoms. The van der Waals surface area contributed by atoms with Crippen LogP contribution in [0.4, 0.5) is 11.4 Å². The van der Waals surface area contributed by atoms with Gasteiger partial charge >= 0.3 is 0 Å². The molecular formula is C18H13NO4S. The number of rotatable bonds is 3. The third-order valence-electron chi connectivity index (χ3n) is 3.83. The van der Waals surface area contributed by atoms with E-state index >= 15 is 0 Å². The normalized spacial score (nSPS) is 11.9. The Hall–Kier alpha value is -2.83. The van der Waals surface area contributed by atoms with E-state index in [-0.39, 0.29) is 10.6 Å². The Balaban J connectivity index is 2.05. The fraction of sp³-hybridized carbons (Fsp3) is 0. The van der Waals surface area contributed by atoms with E-state index in [4.69, 9.17) is 4.42 Å². The molecule has 120 valence electrons. The first-order chi connectivity index (χ1) is 11.5. The van der Waals surface area contributed by atoms with Gasteiger partial charge in [0, 0.05) is 16.5 Å². The Labute approximate surface area is 138 Å². The maximum atomic E-state index is 11.8. The summed E-state index contributed by atoms with van der Waals surface area (Å²) in [5.41, 5.74) is 1.94. The van der Waals surface area contributed by atoms with Crippen LogP contribution in [0.3, 0.4) is 0 Å². The van der Waals surface area contributed by atoms with E-state index in [0.29, 0.717) is 16.9 Å². The number of nitrogens with one attached hydrogen (secondary N) is 1. The van der Waals surface area contributed by atoms with Crippen LogP contribution in [0, 0.1) is 0 Å². The molecule has 2 N–H and O–H groups in total. The largest absolute Gasteiger partial charge is 0.454 e. The van der Waals surface area contributed by atoms with E-state index < -0.39 is 10.1 Å². The zero-order valence-electron chi connectivity index (χ0n) is 12.4. The predicted octanol–water partition coefficient (Wildman–Crippen LogP) is 4.58. The second-order valence-electron chi connectivity index (χ2n) is 5.38. The summed E-state index contributed by atoms with van der Waals surface area (Å²) in [6, 6.07) is 19.6. The van der Waals surface area contributed by atoms with Crippen molar-refractivity contribution >= 4 is 43.4 Å². The zero-order valence-corrected chi connectivity index (χ0v) is 13.2. The number of anilines is 2. The average molecular weight is 339 g/mol. The van der Waals surface area contributed by atoms with Crippen LogP contribution in [0.1, 0.15) is 0 Å². The number of hydrogen-bond donors (Lipinski definition) is 2. The molecule has 1 aromatic heterocycles. The first-order valence-corrected chi connectivity index (χ1v) is 8.72. The van der Waals surface area contributed by atoms with Crippen molar-refractivity contribution in [3.8, 4) is 0 Å². The Morgan fingerprint density at radius 2 is 1.54 bits per heavy atom. The van der Waals surface area contributed by atoms with E-state index in [1.165, 1.54) is 6.07 Å². The van der Waals surface area contributed by atoms with Crippen LogP contribution in [0.2, 0.25) is 0 Å². The number of benzene rings is 3. The second kappa shape index (κ2) is 5.36. The highest BCUT2D eigenvalue weighted by molar-refractivity contribution is 7.86. The minimum Gasteiger partial charge on any atom is -0.454 e. The summed E-state index contributed by atoms with van der Waals surface area (Å²) in [7, 11) is -4.40. The smallest absolute Gasteiger partial charge is 0.296 e. The van der Waals surface area contributed by atoms with Crippen LogP contribution in [-0.2, 0) is 10.1 Å². The molecule has 4 aromatic rings. The van der Waals surface area contributed by atoms with Crippen molar-refractivity contribution in [3.63, 3.8) is 0 Å². The molecule has 0 amide bonds. The lowest BCUT2D eigenvalue weighted by Gasteiger charge is -2.10. The van der Waals surface area contributed by atoms with Crippen molar-refractivity contribution in [2.75, 3.05) is 5.32 Å². The molecule has 0 aliphatic heterocycles. The molecule has 6 heteroatoms. The van der Waals surface area contributed by atoms with Gasteiger partial charge in [0.25, 0.3) is 10.1 Å². The molecule has 5 nitrogen and oxygen atoms in total. The molecule has 3 aromatic carbocycles. The van der Waals surface area contributed by atoms with Crippen LogP contribution in [0.5, 0.6) is 0 Å². The quantitative estimate of drug-likeness (QED) is 0.534. The first kappa shape index (κ1) is 14.7. The summed E-state index contributed by atoms with van der Waals surface area (Å²) < 4.78 is 39.0. The number of para-hydroxylation sites is 2. The van der Waals surface area contributed by atoms with Crippen molar-refractivity contribution in [1.29, 1.82) is 0 Å². The maximum Gasteiger partial charge on any atom is 0.296 e. The molecule has 1 heterocycles. The fourth-order valence-corrected chi connectivity index (χ4v) is 3.41. The Kier molecular flexibility index (Phi) is 3.30. The predicted molar refractivity (Wildman–Crippen MR) is 93.3 cm³/mol. The van der Waals surface area contributed by atoms with Crippen LogP contribution in [0.15, 0.2) is 76.0 Å². The molecular weight excluding hydrogens is 326 g/mol. The van der Waals surface area contributed by atoms with Gasteiger partial charge in [-0.15, -0.1) is 0 Å². The van der Waals surface area contributed by atoms with Crippen LogP contribution in [0.25, 0.3) is 21.9 Å². The standard InChI is InChI=1S/C18H13NO4S/c20-24(21,22)16-11-10-14-13-8-4-5-9-15(13)23-18(14)17(16)19-12-6-2-1-3-7-12/h1-11,19H,(H,20,21,22). The van der Waals surface area contributed by atoms with Gasteiger partial charge in [-0.1, -0.05) is 36.4 Å². The minimum absolute atomic E-state index is 0.220. The van der Waals surface area contributed by atoms with Gasteiger partial charge < -0.3 is 9.73 Å². The molecule has 0 fully saturated rings. The van der Waals surface area contributed by atoms with E-state index in [2.05, 4.69) is 5.32 Å². The van der Waals surface area contributed by atoms with Crippen molar-refractivity contribution in [3.05, 3.63) is 66.7 Å². The van der Waals surface area contributed by atoms with E-state index in [1.807, 2.05) is 42.5 Å². The lowest BCUT2D eigenvalue weighted by molar-refractivity contribution is 0.483. The summed E-state index contributed by atoms with van der Waals surface area (Å²) in [6.45, 7) is 0. The highest BCUT2D eigenvalue weighted by Crippen LogP contribution is 2.38. The zero-order chi connectivity index (χ0) is 16.7. The van der Waals surface area contributed by atoms with Gasteiger partial charge in [-0.05, 0) is 30.3 Å². The van der Waals surface area contributed by atoms with Gasteiger partial charge in [-0.2, -0.15) is 8.42 Å². The van der Waals surface area contributed by atoms with Crippen LogP contribution < -0.4 is 5.32 Å².